The molecule has 11 heavy (non-hydrogen) atoms. The summed E-state index contributed by atoms with van der Waals surface area (Å²) in [7, 11) is 0. The lowest BCUT2D eigenvalue weighted by Crippen LogP contribution is -2.49. The van der Waals surface area contributed by atoms with Crippen LogP contribution in [0.25, 0.3) is 0 Å². The Balaban J connectivity index is 2.16. The first-order valence-electron chi connectivity index (χ1n) is 4.86. The summed E-state index contributed by atoms with van der Waals surface area (Å²) >= 11 is 0. The third-order valence-corrected chi connectivity index (χ3v) is 4.11. The molecule has 1 nitrogen and oxygen atoms in total. The van der Waals surface area contributed by atoms with Gasteiger partial charge >= 0.3 is 0 Å². The molecule has 2 saturated heterocycles. The summed E-state index contributed by atoms with van der Waals surface area (Å²) in [6, 6.07) is 0.753. The molecule has 0 radical (unpaired) electrons. The lowest BCUT2D eigenvalue weighted by Gasteiger charge is -2.52. The van der Waals surface area contributed by atoms with E-state index < -0.39 is 0 Å². The summed E-state index contributed by atoms with van der Waals surface area (Å²) in [4.78, 5) is 0. The smallest absolute Gasteiger partial charge is 0.00723 e. The van der Waals surface area contributed by atoms with Crippen molar-refractivity contribution in [3.05, 3.63) is 0 Å². The van der Waals surface area contributed by atoms with Gasteiger partial charge in [-0.05, 0) is 43.6 Å². The van der Waals surface area contributed by atoms with Crippen molar-refractivity contribution in [2.45, 2.75) is 39.7 Å². The van der Waals surface area contributed by atoms with Gasteiger partial charge in [-0.15, -0.1) is 0 Å². The summed E-state index contributed by atoms with van der Waals surface area (Å²) in [6.07, 6.45) is 2.87. The highest BCUT2D eigenvalue weighted by atomic mass is 14.9. The number of hydrogen-bond acceptors (Lipinski definition) is 1. The van der Waals surface area contributed by atoms with Crippen molar-refractivity contribution in [1.29, 1.82) is 0 Å². The van der Waals surface area contributed by atoms with Gasteiger partial charge in [0.05, 0.1) is 0 Å². The summed E-state index contributed by atoms with van der Waals surface area (Å²) in [5.74, 6) is 1.94. The summed E-state index contributed by atoms with van der Waals surface area (Å²) in [6.45, 7) is 8.46. The van der Waals surface area contributed by atoms with E-state index in [2.05, 4.69) is 26.1 Å². The molecule has 1 N–H and O–H groups in total. The number of fused-ring (bicyclic) bond motifs is 3. The molecular weight excluding hydrogens is 134 g/mol. The van der Waals surface area contributed by atoms with Gasteiger partial charge in [-0.2, -0.15) is 0 Å². The van der Waals surface area contributed by atoms with Crippen LogP contribution in [0.1, 0.15) is 33.6 Å². The Bertz CT molecular complexity index is 162. The van der Waals surface area contributed by atoms with E-state index in [-0.39, 0.29) is 0 Å². The molecule has 2 bridgehead atoms. The van der Waals surface area contributed by atoms with Crippen LogP contribution in [0.2, 0.25) is 0 Å². The van der Waals surface area contributed by atoms with E-state index in [9.17, 15) is 0 Å². The first kappa shape index (κ1) is 7.60. The standard InChI is InChI=1S/C10H19N/c1-7-9-6-8(4-5-11-7)10(9,2)3/h7-9,11H,4-6H2,1-3H3. The quantitative estimate of drug-likeness (QED) is 0.561. The molecule has 0 aromatic rings. The number of hydrogen-bond donors (Lipinski definition) is 1. The molecule has 2 aliphatic heterocycles. The second kappa shape index (κ2) is 2.22. The maximum Gasteiger partial charge on any atom is 0.00723 e. The summed E-state index contributed by atoms with van der Waals surface area (Å²) in [5, 5.41) is 3.59. The fraction of sp³-hybridized carbons (Fsp3) is 1.00. The molecule has 0 aromatic carbocycles. The van der Waals surface area contributed by atoms with Crippen molar-refractivity contribution in [1.82, 2.24) is 5.32 Å². The van der Waals surface area contributed by atoms with Gasteiger partial charge in [0.2, 0.25) is 0 Å². The van der Waals surface area contributed by atoms with Crippen LogP contribution >= 0.6 is 0 Å². The topological polar surface area (TPSA) is 12.0 Å². The van der Waals surface area contributed by atoms with E-state index in [0.29, 0.717) is 5.41 Å². The molecule has 0 spiro atoms. The zero-order valence-electron chi connectivity index (χ0n) is 7.85. The van der Waals surface area contributed by atoms with Gasteiger partial charge in [0.25, 0.3) is 0 Å². The molecular formula is C10H19N. The second-order valence-electron chi connectivity index (χ2n) is 4.89. The predicted octanol–water partition coefficient (Wildman–Crippen LogP) is 2.03. The van der Waals surface area contributed by atoms with Gasteiger partial charge in [0, 0.05) is 6.04 Å². The number of nitrogens with one attached hydrogen (secondary N) is 1. The Kier molecular flexibility index (Phi) is 1.54. The highest BCUT2D eigenvalue weighted by Crippen LogP contribution is 2.55. The van der Waals surface area contributed by atoms with Crippen molar-refractivity contribution in [3.63, 3.8) is 0 Å². The summed E-state index contributed by atoms with van der Waals surface area (Å²) in [5.41, 5.74) is 0.628. The van der Waals surface area contributed by atoms with Crippen LogP contribution in [-0.4, -0.2) is 12.6 Å². The van der Waals surface area contributed by atoms with Gasteiger partial charge in [-0.1, -0.05) is 13.8 Å². The van der Waals surface area contributed by atoms with E-state index in [0.717, 1.165) is 17.9 Å². The fourth-order valence-electron chi connectivity index (χ4n) is 3.02. The van der Waals surface area contributed by atoms with E-state index in [1.807, 2.05) is 0 Å². The fourth-order valence-corrected chi connectivity index (χ4v) is 3.02. The Labute approximate surface area is 69.6 Å². The zero-order valence-corrected chi connectivity index (χ0v) is 7.85. The van der Waals surface area contributed by atoms with Gasteiger partial charge in [-0.25, -0.2) is 0 Å². The average Bonchev–Trinajstić information content (AvgIpc) is 2.17. The third kappa shape index (κ3) is 0.936. The highest BCUT2D eigenvalue weighted by molar-refractivity contribution is 5.02. The lowest BCUT2D eigenvalue weighted by atomic mass is 9.53. The van der Waals surface area contributed by atoms with Crippen LogP contribution in [0.3, 0.4) is 0 Å². The lowest BCUT2D eigenvalue weighted by molar-refractivity contribution is -0.0237. The van der Waals surface area contributed by atoms with E-state index >= 15 is 0 Å². The third-order valence-electron chi connectivity index (χ3n) is 4.11. The van der Waals surface area contributed by atoms with Crippen molar-refractivity contribution in [2.75, 3.05) is 6.54 Å². The normalized spacial score (nSPS) is 47.7. The highest BCUT2D eigenvalue weighted by Gasteiger charge is 2.50. The van der Waals surface area contributed by atoms with Crippen molar-refractivity contribution in [2.24, 2.45) is 17.3 Å². The Hall–Kier alpha value is -0.0400. The first-order chi connectivity index (χ1) is 5.12. The monoisotopic (exact) mass is 153 g/mol. The largest absolute Gasteiger partial charge is 0.314 e. The van der Waals surface area contributed by atoms with Crippen LogP contribution in [-0.2, 0) is 0 Å². The Morgan fingerprint density at radius 2 is 2.09 bits per heavy atom. The molecule has 3 rings (SSSR count). The van der Waals surface area contributed by atoms with Crippen LogP contribution < -0.4 is 5.32 Å². The molecule has 3 aliphatic rings. The van der Waals surface area contributed by atoms with Gasteiger partial charge in [0.1, 0.15) is 0 Å². The molecule has 0 aromatic heterocycles. The SMILES string of the molecule is CC1NCCC2CC1C2(C)C. The van der Waals surface area contributed by atoms with Gasteiger partial charge < -0.3 is 5.32 Å². The van der Waals surface area contributed by atoms with E-state index in [4.69, 9.17) is 0 Å². The van der Waals surface area contributed by atoms with E-state index in [1.165, 1.54) is 19.4 Å². The maximum atomic E-state index is 3.59. The van der Waals surface area contributed by atoms with Crippen molar-refractivity contribution < 1.29 is 0 Å². The van der Waals surface area contributed by atoms with Gasteiger partial charge in [-0.3, -0.25) is 0 Å². The molecule has 1 aliphatic carbocycles. The molecule has 3 atom stereocenters. The Morgan fingerprint density at radius 1 is 1.36 bits per heavy atom. The minimum atomic E-state index is 0.628. The zero-order chi connectivity index (χ0) is 8.06. The molecule has 1 saturated carbocycles. The van der Waals surface area contributed by atoms with Crippen LogP contribution in [0, 0.1) is 17.3 Å². The minimum absolute atomic E-state index is 0.628. The second-order valence-corrected chi connectivity index (χ2v) is 4.89. The summed E-state index contributed by atoms with van der Waals surface area (Å²) < 4.78 is 0. The molecule has 64 valence electrons. The average molecular weight is 153 g/mol. The predicted molar refractivity (Wildman–Crippen MR) is 47.5 cm³/mol. The Morgan fingerprint density at radius 3 is 2.73 bits per heavy atom. The minimum Gasteiger partial charge on any atom is -0.314 e. The van der Waals surface area contributed by atoms with Crippen LogP contribution in [0.5, 0.6) is 0 Å². The van der Waals surface area contributed by atoms with Crippen LogP contribution in [0.15, 0.2) is 0 Å². The number of rotatable bonds is 0. The molecule has 2 heterocycles. The molecule has 3 fully saturated rings. The van der Waals surface area contributed by atoms with Crippen LogP contribution in [0.4, 0.5) is 0 Å². The maximum absolute atomic E-state index is 3.59. The molecule has 3 unspecified atom stereocenters. The van der Waals surface area contributed by atoms with Gasteiger partial charge in [0.15, 0.2) is 0 Å². The van der Waals surface area contributed by atoms with Crippen molar-refractivity contribution in [3.8, 4) is 0 Å². The van der Waals surface area contributed by atoms with Crippen molar-refractivity contribution >= 4 is 0 Å². The first-order valence-corrected chi connectivity index (χ1v) is 4.86. The van der Waals surface area contributed by atoms with E-state index in [1.54, 1.807) is 0 Å². The molecule has 0 amide bonds. The molecule has 1 heteroatoms.